The number of aliphatic imine (C=N–C) groups is 1. The molecule has 28 heavy (non-hydrogen) atoms. The summed E-state index contributed by atoms with van der Waals surface area (Å²) in [6.07, 6.45) is 2.56. The van der Waals surface area contributed by atoms with Crippen LogP contribution in [-0.4, -0.2) is 67.8 Å². The predicted molar refractivity (Wildman–Crippen MR) is 122 cm³/mol. The summed E-state index contributed by atoms with van der Waals surface area (Å²) in [6, 6.07) is 8.30. The zero-order valence-corrected chi connectivity index (χ0v) is 19.2. The average Bonchev–Trinajstić information content (AvgIpc) is 3.20. The van der Waals surface area contributed by atoms with Crippen molar-refractivity contribution in [2.24, 2.45) is 4.99 Å². The number of methoxy groups -OCH3 is 1. The molecule has 1 fully saturated rings. The summed E-state index contributed by atoms with van der Waals surface area (Å²) in [4.78, 5) is 9.16. The van der Waals surface area contributed by atoms with Gasteiger partial charge in [0.2, 0.25) is 0 Å². The van der Waals surface area contributed by atoms with Crippen molar-refractivity contribution in [3.8, 4) is 5.75 Å². The average molecular weight is 499 g/mol. The van der Waals surface area contributed by atoms with E-state index >= 15 is 0 Å². The van der Waals surface area contributed by atoms with E-state index in [0.717, 1.165) is 68.7 Å². The number of hydrogen-bond donors (Lipinski definition) is 1. The number of benzene rings is 1. The Labute approximate surface area is 184 Å². The SMILES string of the molecule is CN=C(NCCc1ccc(C)c(OC)c1)N1CCN(Cc2ccon2)CC1.I. The van der Waals surface area contributed by atoms with E-state index in [1.54, 1.807) is 13.4 Å². The lowest BCUT2D eigenvalue weighted by Crippen LogP contribution is -2.52. The molecule has 1 aromatic heterocycles. The molecule has 2 aromatic rings. The van der Waals surface area contributed by atoms with Crippen LogP contribution in [0.25, 0.3) is 0 Å². The Morgan fingerprint density at radius 3 is 2.68 bits per heavy atom. The molecule has 154 valence electrons. The molecule has 8 heteroatoms. The smallest absolute Gasteiger partial charge is 0.193 e. The highest BCUT2D eigenvalue weighted by atomic mass is 127. The minimum absolute atomic E-state index is 0. The molecule has 2 heterocycles. The van der Waals surface area contributed by atoms with Gasteiger partial charge in [0, 0.05) is 52.4 Å². The van der Waals surface area contributed by atoms with Gasteiger partial charge in [-0.05, 0) is 30.5 Å². The van der Waals surface area contributed by atoms with Gasteiger partial charge in [-0.25, -0.2) is 0 Å². The quantitative estimate of drug-likeness (QED) is 0.375. The number of nitrogens with zero attached hydrogens (tertiary/aromatic N) is 4. The molecule has 0 aliphatic carbocycles. The number of nitrogens with one attached hydrogen (secondary N) is 1. The summed E-state index contributed by atoms with van der Waals surface area (Å²) in [5.41, 5.74) is 3.41. The van der Waals surface area contributed by atoms with Gasteiger partial charge in [0.1, 0.15) is 12.0 Å². The molecule has 0 amide bonds. The molecule has 3 rings (SSSR count). The maximum atomic E-state index is 5.41. The first kappa shape index (κ1) is 22.5. The number of ether oxygens (including phenoxy) is 1. The fourth-order valence-electron chi connectivity index (χ4n) is 3.34. The van der Waals surface area contributed by atoms with E-state index in [-0.39, 0.29) is 24.0 Å². The van der Waals surface area contributed by atoms with E-state index in [1.807, 2.05) is 13.1 Å². The summed E-state index contributed by atoms with van der Waals surface area (Å²) in [7, 11) is 3.56. The summed E-state index contributed by atoms with van der Waals surface area (Å²) in [5, 5.41) is 7.48. The summed E-state index contributed by atoms with van der Waals surface area (Å²) in [5.74, 6) is 1.91. The summed E-state index contributed by atoms with van der Waals surface area (Å²) in [6.45, 7) is 7.63. The molecule has 1 saturated heterocycles. The van der Waals surface area contributed by atoms with E-state index in [4.69, 9.17) is 9.26 Å². The van der Waals surface area contributed by atoms with Crippen LogP contribution in [0.5, 0.6) is 5.75 Å². The van der Waals surface area contributed by atoms with Gasteiger partial charge in [0.15, 0.2) is 5.96 Å². The number of halogens is 1. The van der Waals surface area contributed by atoms with E-state index in [2.05, 4.69) is 50.4 Å². The van der Waals surface area contributed by atoms with Crippen LogP contribution in [0.4, 0.5) is 0 Å². The minimum Gasteiger partial charge on any atom is -0.496 e. The number of guanidine groups is 1. The highest BCUT2D eigenvalue weighted by molar-refractivity contribution is 14.0. The van der Waals surface area contributed by atoms with Crippen molar-refractivity contribution in [3.05, 3.63) is 47.3 Å². The normalized spacial score (nSPS) is 15.2. The molecule has 0 atom stereocenters. The third-order valence-corrected chi connectivity index (χ3v) is 4.93. The van der Waals surface area contributed by atoms with Crippen LogP contribution in [0.1, 0.15) is 16.8 Å². The minimum atomic E-state index is 0. The van der Waals surface area contributed by atoms with Crippen molar-refractivity contribution in [2.75, 3.05) is 46.9 Å². The van der Waals surface area contributed by atoms with E-state index < -0.39 is 0 Å². The topological polar surface area (TPSA) is 66.1 Å². The van der Waals surface area contributed by atoms with Crippen molar-refractivity contribution < 1.29 is 9.26 Å². The zero-order chi connectivity index (χ0) is 19.1. The Balaban J connectivity index is 0.00000280. The molecule has 7 nitrogen and oxygen atoms in total. The van der Waals surface area contributed by atoms with Crippen molar-refractivity contribution in [1.29, 1.82) is 0 Å². The molecule has 1 aliphatic heterocycles. The Bertz CT molecular complexity index is 743. The van der Waals surface area contributed by atoms with Crippen molar-refractivity contribution in [3.63, 3.8) is 0 Å². The van der Waals surface area contributed by atoms with Gasteiger partial charge in [-0.15, -0.1) is 24.0 Å². The van der Waals surface area contributed by atoms with Crippen LogP contribution >= 0.6 is 24.0 Å². The molecule has 0 radical (unpaired) electrons. The second-order valence-electron chi connectivity index (χ2n) is 6.78. The van der Waals surface area contributed by atoms with Gasteiger partial charge in [-0.3, -0.25) is 9.89 Å². The van der Waals surface area contributed by atoms with Crippen molar-refractivity contribution in [1.82, 2.24) is 20.3 Å². The second-order valence-corrected chi connectivity index (χ2v) is 6.78. The van der Waals surface area contributed by atoms with E-state index in [9.17, 15) is 0 Å². The number of rotatable bonds is 6. The molecule has 1 N–H and O–H groups in total. The third-order valence-electron chi connectivity index (χ3n) is 4.93. The first-order valence-corrected chi connectivity index (χ1v) is 9.40. The monoisotopic (exact) mass is 499 g/mol. The molecule has 0 saturated carbocycles. The molecule has 0 unspecified atom stereocenters. The molecule has 0 bridgehead atoms. The standard InChI is InChI=1S/C20H29N5O2.HI/c1-16-4-5-17(14-19(16)26-3)6-8-22-20(21-2)25-11-9-24(10-12-25)15-18-7-13-27-23-18;/h4-5,7,13-14H,6,8-12,15H2,1-3H3,(H,21,22);1H. The Morgan fingerprint density at radius 1 is 1.25 bits per heavy atom. The maximum absolute atomic E-state index is 5.41. The highest BCUT2D eigenvalue weighted by Gasteiger charge is 2.20. The van der Waals surface area contributed by atoms with Crippen molar-refractivity contribution in [2.45, 2.75) is 19.9 Å². The number of piperazine rings is 1. The van der Waals surface area contributed by atoms with Crippen molar-refractivity contribution >= 4 is 29.9 Å². The first-order chi connectivity index (χ1) is 13.2. The van der Waals surface area contributed by atoms with Crippen LogP contribution < -0.4 is 10.1 Å². The maximum Gasteiger partial charge on any atom is 0.193 e. The fourth-order valence-corrected chi connectivity index (χ4v) is 3.34. The highest BCUT2D eigenvalue weighted by Crippen LogP contribution is 2.19. The van der Waals surface area contributed by atoms with Gasteiger partial charge in [-0.1, -0.05) is 17.3 Å². The number of aromatic nitrogens is 1. The zero-order valence-electron chi connectivity index (χ0n) is 16.9. The third kappa shape index (κ3) is 6.10. The molecular weight excluding hydrogens is 469 g/mol. The van der Waals surface area contributed by atoms with Gasteiger partial charge in [-0.2, -0.15) is 0 Å². The van der Waals surface area contributed by atoms with E-state index in [0.29, 0.717) is 0 Å². The largest absolute Gasteiger partial charge is 0.496 e. The number of hydrogen-bond acceptors (Lipinski definition) is 5. The molecular formula is C20H30IN5O2. The molecule has 1 aromatic carbocycles. The first-order valence-electron chi connectivity index (χ1n) is 9.40. The van der Waals surface area contributed by atoms with Crippen LogP contribution in [0.2, 0.25) is 0 Å². The van der Waals surface area contributed by atoms with Gasteiger partial charge in [0.25, 0.3) is 0 Å². The Morgan fingerprint density at radius 2 is 2.04 bits per heavy atom. The number of aryl methyl sites for hydroxylation is 1. The lowest BCUT2D eigenvalue weighted by Gasteiger charge is -2.36. The molecule has 0 spiro atoms. The lowest BCUT2D eigenvalue weighted by molar-refractivity contribution is 0.169. The summed E-state index contributed by atoms with van der Waals surface area (Å²) < 4.78 is 10.3. The lowest BCUT2D eigenvalue weighted by atomic mass is 10.1. The van der Waals surface area contributed by atoms with Crippen LogP contribution in [0.3, 0.4) is 0 Å². The van der Waals surface area contributed by atoms with E-state index in [1.165, 1.54) is 5.56 Å². The fraction of sp³-hybridized carbons (Fsp3) is 0.500. The Hall–Kier alpha value is -1.81. The Kier molecular flexibility index (Phi) is 9.04. The predicted octanol–water partition coefficient (Wildman–Crippen LogP) is 2.55. The van der Waals surface area contributed by atoms with Gasteiger partial charge >= 0.3 is 0 Å². The van der Waals surface area contributed by atoms with Gasteiger partial charge in [0.05, 0.1) is 12.8 Å². The van der Waals surface area contributed by atoms with Crippen LogP contribution in [-0.2, 0) is 13.0 Å². The molecule has 1 aliphatic rings. The summed E-state index contributed by atoms with van der Waals surface area (Å²) >= 11 is 0. The second kappa shape index (κ2) is 11.3. The van der Waals surface area contributed by atoms with Gasteiger partial charge < -0.3 is 19.5 Å². The van der Waals surface area contributed by atoms with Crippen LogP contribution in [0.15, 0.2) is 40.0 Å². The van der Waals surface area contributed by atoms with Crippen LogP contribution in [0, 0.1) is 6.92 Å².